The minimum atomic E-state index is -1.86. The van der Waals surface area contributed by atoms with Crippen LogP contribution in [0.5, 0.6) is 0 Å². The fourth-order valence-electron chi connectivity index (χ4n) is 3.89. The molecule has 35 heavy (non-hydrogen) atoms. The van der Waals surface area contributed by atoms with Gasteiger partial charge in [-0.1, -0.05) is 54.1 Å². The van der Waals surface area contributed by atoms with Gasteiger partial charge in [0.15, 0.2) is 18.5 Å². The molecule has 5 atom stereocenters. The van der Waals surface area contributed by atoms with Gasteiger partial charge in [-0.05, 0) is 12.8 Å². The third-order valence-electron chi connectivity index (χ3n) is 5.23. The van der Waals surface area contributed by atoms with Crippen LogP contribution in [-0.2, 0) is 42.8 Å². The SMILES string of the molecule is CC(=O)OC[C@H]1O[C@@H](OC2CCCCC2)[C@H](NC(=O)OCC(Cl)(Cl)Cl)[C@@H](OC(C)=O)[C@@H]1OC(C)=O. The van der Waals surface area contributed by atoms with Crippen LogP contribution in [0.4, 0.5) is 4.79 Å². The second-order valence-electron chi connectivity index (χ2n) is 8.25. The van der Waals surface area contributed by atoms with E-state index in [0.717, 1.165) is 46.0 Å². The number of nitrogens with one attached hydrogen (secondary N) is 1. The highest BCUT2D eigenvalue weighted by molar-refractivity contribution is 6.67. The summed E-state index contributed by atoms with van der Waals surface area (Å²) in [6, 6.07) is -1.18. The van der Waals surface area contributed by atoms with Crippen molar-refractivity contribution in [3.05, 3.63) is 0 Å². The molecule has 14 heteroatoms. The molecule has 0 aromatic carbocycles. The molecule has 0 spiro atoms. The Morgan fingerprint density at radius 2 is 1.49 bits per heavy atom. The fourth-order valence-corrected chi connectivity index (χ4v) is 4.05. The van der Waals surface area contributed by atoms with E-state index in [9.17, 15) is 19.2 Å². The predicted octanol–water partition coefficient (Wildman–Crippen LogP) is 2.95. The number of rotatable bonds is 8. The monoisotopic (exact) mass is 561 g/mol. The molecular weight excluding hydrogens is 533 g/mol. The summed E-state index contributed by atoms with van der Waals surface area (Å²) in [6.45, 7) is 2.62. The smallest absolute Gasteiger partial charge is 0.407 e. The molecule has 11 nitrogen and oxygen atoms in total. The number of hydrogen-bond donors (Lipinski definition) is 1. The normalized spacial score (nSPS) is 27.4. The van der Waals surface area contributed by atoms with Crippen molar-refractivity contribution in [2.75, 3.05) is 13.2 Å². The summed E-state index contributed by atoms with van der Waals surface area (Å²) in [7, 11) is 0. The summed E-state index contributed by atoms with van der Waals surface area (Å²) in [5, 5.41) is 2.51. The van der Waals surface area contributed by atoms with Gasteiger partial charge in [0.25, 0.3) is 0 Å². The lowest BCUT2D eigenvalue weighted by Crippen LogP contribution is -2.67. The number of ether oxygens (including phenoxy) is 6. The molecule has 0 unspecified atom stereocenters. The summed E-state index contributed by atoms with van der Waals surface area (Å²) in [6.07, 6.45) is -1.51. The van der Waals surface area contributed by atoms with E-state index in [1.54, 1.807) is 0 Å². The molecule has 1 heterocycles. The molecule has 1 saturated carbocycles. The minimum absolute atomic E-state index is 0.201. The average Bonchev–Trinajstić information content (AvgIpc) is 2.74. The quantitative estimate of drug-likeness (QED) is 0.267. The van der Waals surface area contributed by atoms with E-state index in [0.29, 0.717) is 0 Å². The van der Waals surface area contributed by atoms with Gasteiger partial charge in [0, 0.05) is 20.8 Å². The lowest BCUT2D eigenvalue weighted by atomic mass is 9.95. The maximum absolute atomic E-state index is 12.5. The highest BCUT2D eigenvalue weighted by Crippen LogP contribution is 2.31. The van der Waals surface area contributed by atoms with Crippen molar-refractivity contribution in [3.8, 4) is 0 Å². The Bertz CT molecular complexity index is 756. The largest absolute Gasteiger partial charge is 0.463 e. The van der Waals surface area contributed by atoms with Crippen LogP contribution >= 0.6 is 34.8 Å². The molecule has 1 amide bonds. The second-order valence-corrected chi connectivity index (χ2v) is 10.8. The van der Waals surface area contributed by atoms with Crippen LogP contribution in [0.1, 0.15) is 52.9 Å². The predicted molar refractivity (Wildman–Crippen MR) is 123 cm³/mol. The van der Waals surface area contributed by atoms with Gasteiger partial charge in [0.1, 0.15) is 25.4 Å². The molecule has 0 aromatic heterocycles. The number of alkyl halides is 3. The van der Waals surface area contributed by atoms with Gasteiger partial charge in [-0.3, -0.25) is 14.4 Å². The topological polar surface area (TPSA) is 136 Å². The van der Waals surface area contributed by atoms with Gasteiger partial charge in [-0.15, -0.1) is 0 Å². The average molecular weight is 563 g/mol. The first-order valence-corrected chi connectivity index (χ1v) is 12.3. The van der Waals surface area contributed by atoms with Gasteiger partial charge >= 0.3 is 24.0 Å². The molecule has 1 saturated heterocycles. The van der Waals surface area contributed by atoms with Crippen LogP contribution in [0.15, 0.2) is 0 Å². The van der Waals surface area contributed by atoms with E-state index < -0.39 is 65.0 Å². The summed E-state index contributed by atoms with van der Waals surface area (Å²) in [5.74, 6) is -2.04. The fraction of sp³-hybridized carbons (Fsp3) is 0.810. The van der Waals surface area contributed by atoms with Crippen molar-refractivity contribution in [1.29, 1.82) is 0 Å². The van der Waals surface area contributed by atoms with Crippen LogP contribution in [0.3, 0.4) is 0 Å². The van der Waals surface area contributed by atoms with Crippen molar-refractivity contribution >= 4 is 58.8 Å². The first-order valence-electron chi connectivity index (χ1n) is 11.1. The summed E-state index contributed by atoms with van der Waals surface area (Å²) in [5.41, 5.74) is 0. The molecule has 1 N–H and O–H groups in total. The van der Waals surface area contributed by atoms with Gasteiger partial charge < -0.3 is 33.7 Å². The van der Waals surface area contributed by atoms with Gasteiger partial charge in [0.2, 0.25) is 3.79 Å². The Hall–Kier alpha value is -1.53. The van der Waals surface area contributed by atoms with E-state index in [4.69, 9.17) is 63.2 Å². The zero-order chi connectivity index (χ0) is 26.2. The standard InChI is InChI=1S/C21H30Cl3NO10/c1-11(26)30-9-15-17(32-12(2)27)18(33-13(3)28)16(25-20(29)31-10-21(22,23)24)19(35-15)34-14-7-5-4-6-8-14/h14-19H,4-10H2,1-3H3,(H,25,29)/t15-,16-,17-,18-,19-/m1/s1. The highest BCUT2D eigenvalue weighted by atomic mass is 35.6. The Morgan fingerprint density at radius 1 is 0.886 bits per heavy atom. The van der Waals surface area contributed by atoms with Crippen molar-refractivity contribution in [1.82, 2.24) is 5.32 Å². The van der Waals surface area contributed by atoms with E-state index in [-0.39, 0.29) is 12.7 Å². The number of amides is 1. The Balaban J connectivity index is 2.36. The van der Waals surface area contributed by atoms with Crippen molar-refractivity contribution in [2.24, 2.45) is 0 Å². The molecular formula is C21H30Cl3NO10. The third-order valence-corrected chi connectivity index (χ3v) is 5.56. The lowest BCUT2D eigenvalue weighted by molar-refractivity contribution is -0.289. The van der Waals surface area contributed by atoms with Crippen LogP contribution < -0.4 is 5.32 Å². The zero-order valence-electron chi connectivity index (χ0n) is 19.6. The van der Waals surface area contributed by atoms with Crippen LogP contribution in [-0.4, -0.2) is 77.8 Å². The Morgan fingerprint density at radius 3 is 2.03 bits per heavy atom. The van der Waals surface area contributed by atoms with Gasteiger partial charge in [0.05, 0.1) is 6.10 Å². The van der Waals surface area contributed by atoms with Crippen molar-refractivity contribution < 1.29 is 47.6 Å². The highest BCUT2D eigenvalue weighted by Gasteiger charge is 2.52. The molecule has 1 aliphatic carbocycles. The zero-order valence-corrected chi connectivity index (χ0v) is 21.9. The number of hydrogen-bond acceptors (Lipinski definition) is 10. The number of carbonyl (C=O) groups is 4. The van der Waals surface area contributed by atoms with Crippen molar-refractivity contribution in [2.45, 2.75) is 93.4 Å². The molecule has 2 rings (SSSR count). The minimum Gasteiger partial charge on any atom is -0.463 e. The molecule has 2 fully saturated rings. The van der Waals surface area contributed by atoms with Crippen LogP contribution in [0.25, 0.3) is 0 Å². The van der Waals surface area contributed by atoms with E-state index in [1.165, 1.54) is 6.92 Å². The first-order chi connectivity index (χ1) is 16.4. The van der Waals surface area contributed by atoms with Gasteiger partial charge in [-0.25, -0.2) is 4.79 Å². The van der Waals surface area contributed by atoms with Crippen LogP contribution in [0.2, 0.25) is 0 Å². The molecule has 0 aromatic rings. The van der Waals surface area contributed by atoms with Gasteiger partial charge in [-0.2, -0.15) is 0 Å². The maximum atomic E-state index is 12.5. The van der Waals surface area contributed by atoms with E-state index in [2.05, 4.69) is 5.32 Å². The molecule has 1 aliphatic heterocycles. The Kier molecular flexibility index (Phi) is 11.6. The number of carbonyl (C=O) groups excluding carboxylic acids is 4. The Labute approximate surface area is 218 Å². The number of esters is 3. The molecule has 200 valence electrons. The summed E-state index contributed by atoms with van der Waals surface area (Å²) in [4.78, 5) is 47.8. The molecule has 2 aliphatic rings. The van der Waals surface area contributed by atoms with E-state index in [1.807, 2.05) is 0 Å². The maximum Gasteiger partial charge on any atom is 0.407 e. The summed E-state index contributed by atoms with van der Waals surface area (Å²) >= 11 is 16.9. The first kappa shape index (κ1) is 29.7. The third kappa shape index (κ3) is 10.5. The van der Waals surface area contributed by atoms with E-state index >= 15 is 0 Å². The molecule has 0 bridgehead atoms. The number of halogens is 3. The molecule has 0 radical (unpaired) electrons. The summed E-state index contributed by atoms with van der Waals surface area (Å²) < 4.78 is 31.1. The second kappa shape index (κ2) is 13.7. The lowest BCUT2D eigenvalue weighted by Gasteiger charge is -2.45. The van der Waals surface area contributed by atoms with Crippen molar-refractivity contribution in [3.63, 3.8) is 0 Å². The number of alkyl carbamates (subject to hydrolysis) is 1. The van der Waals surface area contributed by atoms with Crippen LogP contribution in [0, 0.1) is 0 Å².